The van der Waals surface area contributed by atoms with Gasteiger partial charge in [-0.2, -0.15) is 4.72 Å². The molecule has 1 heterocycles. The van der Waals surface area contributed by atoms with Gasteiger partial charge in [0.25, 0.3) is 0 Å². The van der Waals surface area contributed by atoms with Crippen LogP contribution in [0.1, 0.15) is 17.5 Å². The van der Waals surface area contributed by atoms with Crippen LogP contribution in [0.5, 0.6) is 0 Å². The molecule has 7 nitrogen and oxygen atoms in total. The highest BCUT2D eigenvalue weighted by atomic mass is 32.2. The van der Waals surface area contributed by atoms with E-state index in [4.69, 9.17) is 0 Å². The van der Waals surface area contributed by atoms with Crippen LogP contribution in [0.2, 0.25) is 0 Å². The van der Waals surface area contributed by atoms with Gasteiger partial charge < -0.3 is 10.6 Å². The van der Waals surface area contributed by atoms with E-state index >= 15 is 0 Å². The lowest BCUT2D eigenvalue weighted by Gasteiger charge is -2.21. The molecule has 3 N–H and O–H groups in total. The summed E-state index contributed by atoms with van der Waals surface area (Å²) in [5, 5.41) is 5.13. The highest BCUT2D eigenvalue weighted by Crippen LogP contribution is 2.26. The van der Waals surface area contributed by atoms with Crippen LogP contribution < -0.4 is 15.4 Å². The zero-order valence-electron chi connectivity index (χ0n) is 17.8. The quantitative estimate of drug-likeness (QED) is 0.477. The van der Waals surface area contributed by atoms with Gasteiger partial charge in [0.1, 0.15) is 6.04 Å². The number of rotatable bonds is 7. The summed E-state index contributed by atoms with van der Waals surface area (Å²) in [4.78, 5) is 24.5. The lowest BCUT2D eigenvalue weighted by Crippen LogP contribution is -2.45. The lowest BCUT2D eigenvalue weighted by molar-refractivity contribution is -0.118. The maximum Gasteiger partial charge on any atom is 0.242 e. The van der Waals surface area contributed by atoms with Crippen molar-refractivity contribution in [1.82, 2.24) is 4.72 Å². The Morgan fingerprint density at radius 3 is 2.47 bits per heavy atom. The van der Waals surface area contributed by atoms with Crippen molar-refractivity contribution in [3.63, 3.8) is 0 Å². The van der Waals surface area contributed by atoms with Crippen LogP contribution in [0.15, 0.2) is 71.6 Å². The Morgan fingerprint density at radius 1 is 0.971 bits per heavy atom. The molecule has 1 aliphatic heterocycles. The van der Waals surface area contributed by atoms with Gasteiger partial charge >= 0.3 is 0 Å². The van der Waals surface area contributed by atoms with Crippen molar-refractivity contribution in [2.45, 2.75) is 30.2 Å². The zero-order valence-corrected chi connectivity index (χ0v) is 18.7. The number of hydrogen-bond acceptors (Lipinski definition) is 4. The van der Waals surface area contributed by atoms with Gasteiger partial charge in [0.2, 0.25) is 21.8 Å². The molecule has 0 saturated carbocycles. The summed E-state index contributed by atoms with van der Waals surface area (Å²) in [6.45, 7) is 0. The second-order valence-electron chi connectivity index (χ2n) is 7.85. The molecule has 0 aromatic heterocycles. The standard InChI is InChI=1S/C24H21F2N3O4S/c25-19-9-7-17(14-20(19)26)27-24(31)22(12-15-4-2-1-3-5-15)29-34(32,33)18-8-10-21-16(13-18)6-11-23(30)28-21/h1-5,7-10,13-14,22,29H,6,11-12H2,(H,27,31)(H,28,30). The predicted octanol–water partition coefficient (Wildman–Crippen LogP) is 3.38. The van der Waals surface area contributed by atoms with Crippen molar-refractivity contribution in [3.05, 3.63) is 89.5 Å². The number of nitrogens with one attached hydrogen (secondary N) is 3. The fourth-order valence-corrected chi connectivity index (χ4v) is 4.87. The molecule has 3 aromatic carbocycles. The maximum absolute atomic E-state index is 13.6. The Bertz CT molecular complexity index is 1350. The van der Waals surface area contributed by atoms with Crippen molar-refractivity contribution >= 4 is 33.2 Å². The highest BCUT2D eigenvalue weighted by molar-refractivity contribution is 7.89. The third kappa shape index (κ3) is 5.46. The van der Waals surface area contributed by atoms with E-state index in [0.29, 0.717) is 23.2 Å². The van der Waals surface area contributed by atoms with E-state index in [1.54, 1.807) is 30.3 Å². The first kappa shape index (κ1) is 23.5. The molecule has 0 saturated heterocycles. The number of amides is 2. The first-order valence-corrected chi connectivity index (χ1v) is 11.9. The normalized spacial score (nSPS) is 14.1. The molecular weight excluding hydrogens is 464 g/mol. The van der Waals surface area contributed by atoms with Gasteiger partial charge in [-0.15, -0.1) is 0 Å². The largest absolute Gasteiger partial charge is 0.326 e. The minimum absolute atomic E-state index is 0.00863. The molecule has 4 rings (SSSR count). The van der Waals surface area contributed by atoms with Crippen LogP contribution >= 0.6 is 0 Å². The van der Waals surface area contributed by atoms with Gasteiger partial charge in [-0.05, 0) is 54.3 Å². The third-order valence-electron chi connectivity index (χ3n) is 5.37. The highest BCUT2D eigenvalue weighted by Gasteiger charge is 2.27. The van der Waals surface area contributed by atoms with Gasteiger partial charge in [-0.25, -0.2) is 17.2 Å². The number of anilines is 2. The van der Waals surface area contributed by atoms with Crippen molar-refractivity contribution in [2.24, 2.45) is 0 Å². The number of benzene rings is 3. The summed E-state index contributed by atoms with van der Waals surface area (Å²) in [6, 6.07) is 14.7. The second kappa shape index (κ2) is 9.70. The number of halogens is 2. The molecule has 0 aliphatic carbocycles. The van der Waals surface area contributed by atoms with Crippen LogP contribution in [0.4, 0.5) is 20.2 Å². The number of aryl methyl sites for hydroxylation is 1. The molecular formula is C24H21F2N3O4S. The smallest absolute Gasteiger partial charge is 0.242 e. The summed E-state index contributed by atoms with van der Waals surface area (Å²) >= 11 is 0. The number of carbonyl (C=O) groups excluding carboxylic acids is 2. The van der Waals surface area contributed by atoms with E-state index in [2.05, 4.69) is 15.4 Å². The Balaban J connectivity index is 1.60. The van der Waals surface area contributed by atoms with E-state index < -0.39 is 33.6 Å². The van der Waals surface area contributed by atoms with Crippen LogP contribution in [0, 0.1) is 11.6 Å². The van der Waals surface area contributed by atoms with Gasteiger partial charge in [-0.1, -0.05) is 30.3 Å². The van der Waals surface area contributed by atoms with Crippen molar-refractivity contribution < 1.29 is 26.8 Å². The van der Waals surface area contributed by atoms with Crippen LogP contribution in [0.3, 0.4) is 0 Å². The van der Waals surface area contributed by atoms with Crippen molar-refractivity contribution in [1.29, 1.82) is 0 Å². The Hall–Kier alpha value is -3.63. The zero-order chi connectivity index (χ0) is 24.3. The molecule has 176 valence electrons. The Morgan fingerprint density at radius 2 is 1.74 bits per heavy atom. The molecule has 34 heavy (non-hydrogen) atoms. The number of fused-ring (bicyclic) bond motifs is 1. The number of carbonyl (C=O) groups is 2. The number of hydrogen-bond donors (Lipinski definition) is 3. The first-order valence-electron chi connectivity index (χ1n) is 10.5. The molecule has 1 aliphatic rings. The fourth-order valence-electron chi connectivity index (χ4n) is 3.62. The molecule has 0 fully saturated rings. The molecule has 0 radical (unpaired) electrons. The molecule has 10 heteroatoms. The minimum atomic E-state index is -4.14. The SMILES string of the molecule is O=C1CCc2cc(S(=O)(=O)NC(Cc3ccccc3)C(=O)Nc3ccc(F)c(F)c3)ccc2N1. The molecule has 0 spiro atoms. The monoisotopic (exact) mass is 485 g/mol. The van der Waals surface area contributed by atoms with E-state index in [-0.39, 0.29) is 29.3 Å². The lowest BCUT2D eigenvalue weighted by atomic mass is 10.0. The summed E-state index contributed by atoms with van der Waals surface area (Å²) in [5.74, 6) is -3.08. The molecule has 1 unspecified atom stereocenters. The molecule has 1 atom stereocenters. The average Bonchev–Trinajstić information content (AvgIpc) is 2.81. The first-order chi connectivity index (χ1) is 16.2. The Kier molecular flexibility index (Phi) is 6.71. The van der Waals surface area contributed by atoms with Gasteiger partial charge in [0.05, 0.1) is 4.90 Å². The van der Waals surface area contributed by atoms with Crippen LogP contribution in [-0.2, 0) is 32.5 Å². The van der Waals surface area contributed by atoms with E-state index in [1.807, 2.05) is 0 Å². The average molecular weight is 486 g/mol. The van der Waals surface area contributed by atoms with Gasteiger partial charge in [0, 0.05) is 23.9 Å². The summed E-state index contributed by atoms with van der Waals surface area (Å²) < 4.78 is 55.5. The van der Waals surface area contributed by atoms with Gasteiger partial charge in [-0.3, -0.25) is 9.59 Å². The number of sulfonamides is 1. The summed E-state index contributed by atoms with van der Waals surface area (Å²) in [7, 11) is -4.14. The summed E-state index contributed by atoms with van der Waals surface area (Å²) in [6.07, 6.45) is 0.669. The van der Waals surface area contributed by atoms with E-state index in [1.165, 1.54) is 24.3 Å². The second-order valence-corrected chi connectivity index (χ2v) is 9.56. The minimum Gasteiger partial charge on any atom is -0.326 e. The van der Waals surface area contributed by atoms with Crippen molar-refractivity contribution in [3.8, 4) is 0 Å². The molecule has 3 aromatic rings. The molecule has 0 bridgehead atoms. The molecule has 2 amide bonds. The maximum atomic E-state index is 13.6. The predicted molar refractivity (Wildman–Crippen MR) is 123 cm³/mol. The van der Waals surface area contributed by atoms with Crippen molar-refractivity contribution in [2.75, 3.05) is 10.6 Å². The Labute approximate surface area is 195 Å². The fraction of sp³-hybridized carbons (Fsp3) is 0.167. The van der Waals surface area contributed by atoms with E-state index in [0.717, 1.165) is 12.1 Å². The van der Waals surface area contributed by atoms with Crippen LogP contribution in [-0.4, -0.2) is 26.3 Å². The van der Waals surface area contributed by atoms with Crippen LogP contribution in [0.25, 0.3) is 0 Å². The van der Waals surface area contributed by atoms with E-state index in [9.17, 15) is 26.8 Å². The summed E-state index contributed by atoms with van der Waals surface area (Å²) in [5.41, 5.74) is 1.91. The third-order valence-corrected chi connectivity index (χ3v) is 6.84. The van der Waals surface area contributed by atoms with Gasteiger partial charge in [0.15, 0.2) is 11.6 Å². The topological polar surface area (TPSA) is 104 Å².